The molecule has 7 nitrogen and oxygen atoms in total. The molecule has 8 heteroatoms. The molecule has 33 heavy (non-hydrogen) atoms. The molecule has 0 spiro atoms. The lowest BCUT2D eigenvalue weighted by Crippen LogP contribution is -2.26. The van der Waals surface area contributed by atoms with E-state index >= 15 is 0 Å². The van der Waals surface area contributed by atoms with Gasteiger partial charge in [-0.1, -0.05) is 29.8 Å². The van der Waals surface area contributed by atoms with Gasteiger partial charge in [0.2, 0.25) is 0 Å². The molecule has 0 radical (unpaired) electrons. The maximum Gasteiger partial charge on any atom is 0.254 e. The van der Waals surface area contributed by atoms with Crippen LogP contribution in [0.1, 0.15) is 21.7 Å². The number of aromatic nitrogens is 4. The number of pyridine rings is 2. The summed E-state index contributed by atoms with van der Waals surface area (Å²) >= 11 is 6.31. The number of nitrogens with zero attached hydrogens (tertiary/aromatic N) is 5. The maximum absolute atomic E-state index is 13.6. The number of hydrogen-bond donors (Lipinski definition) is 0. The molecule has 0 aliphatic rings. The molecular weight excluding hydrogens is 438 g/mol. The highest BCUT2D eigenvalue weighted by atomic mass is 35.5. The van der Waals surface area contributed by atoms with Crippen molar-refractivity contribution in [1.29, 1.82) is 0 Å². The summed E-state index contributed by atoms with van der Waals surface area (Å²) in [6.45, 7) is 0.786. The maximum atomic E-state index is 13.6. The highest BCUT2D eigenvalue weighted by Gasteiger charge is 2.21. The first-order valence-corrected chi connectivity index (χ1v) is 10.8. The van der Waals surface area contributed by atoms with Crippen LogP contribution in [0.5, 0.6) is 0 Å². The Balaban J connectivity index is 1.58. The largest absolute Gasteiger partial charge is 0.467 e. The number of fused-ring (bicyclic) bond motifs is 1. The van der Waals surface area contributed by atoms with Crippen LogP contribution in [0.2, 0.25) is 5.02 Å². The van der Waals surface area contributed by atoms with Gasteiger partial charge in [0, 0.05) is 36.6 Å². The SMILES string of the molecule is CN(Cc1ccccc1Cl)C(=O)c1cc(-c2cccnc2)nc2c1cnn2Cc1ccco1. The van der Waals surface area contributed by atoms with E-state index in [0.717, 1.165) is 16.9 Å². The van der Waals surface area contributed by atoms with E-state index in [9.17, 15) is 4.79 Å². The van der Waals surface area contributed by atoms with E-state index in [4.69, 9.17) is 21.0 Å². The molecule has 0 saturated heterocycles. The minimum absolute atomic E-state index is 0.148. The Morgan fingerprint density at radius 2 is 2.00 bits per heavy atom. The Bertz CT molecular complexity index is 1410. The topological polar surface area (TPSA) is 77.1 Å². The van der Waals surface area contributed by atoms with Crippen LogP contribution in [-0.4, -0.2) is 37.6 Å². The van der Waals surface area contributed by atoms with Gasteiger partial charge >= 0.3 is 0 Å². The van der Waals surface area contributed by atoms with Crippen LogP contribution in [0.15, 0.2) is 83.9 Å². The van der Waals surface area contributed by atoms with Gasteiger partial charge in [0.05, 0.1) is 29.1 Å². The number of carbonyl (C=O) groups excluding carboxylic acids is 1. The molecule has 1 aromatic carbocycles. The number of benzene rings is 1. The summed E-state index contributed by atoms with van der Waals surface area (Å²) in [4.78, 5) is 24.2. The van der Waals surface area contributed by atoms with E-state index in [1.54, 1.807) is 47.5 Å². The normalized spacial score (nSPS) is 11.1. The molecule has 0 saturated carbocycles. The number of carbonyl (C=O) groups is 1. The molecular formula is C25H20ClN5O2. The summed E-state index contributed by atoms with van der Waals surface area (Å²) in [5, 5.41) is 5.79. The first kappa shape index (κ1) is 20.9. The average Bonchev–Trinajstić information content (AvgIpc) is 3.50. The molecule has 0 fully saturated rings. The minimum atomic E-state index is -0.148. The summed E-state index contributed by atoms with van der Waals surface area (Å²) in [5.74, 6) is 0.599. The van der Waals surface area contributed by atoms with Gasteiger partial charge in [-0.25, -0.2) is 9.67 Å². The molecule has 0 atom stereocenters. The van der Waals surface area contributed by atoms with Gasteiger partial charge in [-0.3, -0.25) is 9.78 Å². The lowest BCUT2D eigenvalue weighted by Gasteiger charge is -2.19. The molecule has 0 N–H and O–H groups in total. The highest BCUT2D eigenvalue weighted by Crippen LogP contribution is 2.27. The van der Waals surface area contributed by atoms with E-state index < -0.39 is 0 Å². The molecule has 5 rings (SSSR count). The van der Waals surface area contributed by atoms with Crippen molar-refractivity contribution in [2.75, 3.05) is 7.05 Å². The predicted octanol–water partition coefficient (Wildman–Crippen LogP) is 5.06. The zero-order valence-corrected chi connectivity index (χ0v) is 18.6. The van der Waals surface area contributed by atoms with Gasteiger partial charge in [-0.2, -0.15) is 5.10 Å². The van der Waals surface area contributed by atoms with Crippen LogP contribution in [0, 0.1) is 0 Å². The summed E-state index contributed by atoms with van der Waals surface area (Å²) in [7, 11) is 1.76. The fourth-order valence-corrected chi connectivity index (χ4v) is 3.91. The van der Waals surface area contributed by atoms with Crippen LogP contribution >= 0.6 is 11.6 Å². The molecule has 164 valence electrons. The zero-order chi connectivity index (χ0) is 22.8. The van der Waals surface area contributed by atoms with Crippen molar-refractivity contribution < 1.29 is 9.21 Å². The van der Waals surface area contributed by atoms with Crippen molar-refractivity contribution in [1.82, 2.24) is 24.6 Å². The van der Waals surface area contributed by atoms with Crippen LogP contribution < -0.4 is 0 Å². The van der Waals surface area contributed by atoms with Crippen LogP contribution in [-0.2, 0) is 13.1 Å². The Labute approximate surface area is 195 Å². The first-order chi connectivity index (χ1) is 16.1. The smallest absolute Gasteiger partial charge is 0.254 e. The molecule has 0 aliphatic carbocycles. The molecule has 0 aliphatic heterocycles. The number of amides is 1. The molecule has 4 aromatic heterocycles. The third-order valence-electron chi connectivity index (χ3n) is 5.39. The predicted molar refractivity (Wildman–Crippen MR) is 126 cm³/mol. The van der Waals surface area contributed by atoms with Crippen molar-refractivity contribution in [3.8, 4) is 11.3 Å². The van der Waals surface area contributed by atoms with Gasteiger partial charge in [-0.15, -0.1) is 0 Å². The molecule has 5 aromatic rings. The Kier molecular flexibility index (Phi) is 5.62. The Morgan fingerprint density at radius 1 is 1.12 bits per heavy atom. The van der Waals surface area contributed by atoms with Crippen molar-refractivity contribution in [2.24, 2.45) is 0 Å². The highest BCUT2D eigenvalue weighted by molar-refractivity contribution is 6.31. The van der Waals surface area contributed by atoms with Gasteiger partial charge in [-0.05, 0) is 42.0 Å². The lowest BCUT2D eigenvalue weighted by molar-refractivity contribution is 0.0787. The minimum Gasteiger partial charge on any atom is -0.467 e. The second-order valence-corrected chi connectivity index (χ2v) is 8.08. The fourth-order valence-electron chi connectivity index (χ4n) is 3.71. The number of rotatable bonds is 6. The van der Waals surface area contributed by atoms with E-state index in [1.807, 2.05) is 48.5 Å². The summed E-state index contributed by atoms with van der Waals surface area (Å²) in [6.07, 6.45) is 6.72. The second-order valence-electron chi connectivity index (χ2n) is 7.67. The van der Waals surface area contributed by atoms with Crippen LogP contribution in [0.25, 0.3) is 22.3 Å². The molecule has 0 bridgehead atoms. The van der Waals surface area contributed by atoms with Gasteiger partial charge in [0.15, 0.2) is 5.65 Å². The second kappa shape index (κ2) is 8.88. The average molecular weight is 458 g/mol. The zero-order valence-electron chi connectivity index (χ0n) is 17.9. The number of halogens is 1. The molecule has 1 amide bonds. The van der Waals surface area contributed by atoms with E-state index in [0.29, 0.717) is 40.4 Å². The first-order valence-electron chi connectivity index (χ1n) is 10.4. The Hall–Kier alpha value is -3.97. The van der Waals surface area contributed by atoms with Crippen LogP contribution in [0.4, 0.5) is 0 Å². The van der Waals surface area contributed by atoms with Gasteiger partial charge in [0.1, 0.15) is 12.3 Å². The van der Waals surface area contributed by atoms with E-state index in [1.165, 1.54) is 0 Å². The van der Waals surface area contributed by atoms with Crippen molar-refractivity contribution >= 4 is 28.5 Å². The fraction of sp³-hybridized carbons (Fsp3) is 0.120. The summed E-state index contributed by atoms with van der Waals surface area (Å²) in [5.41, 5.74) is 3.45. The van der Waals surface area contributed by atoms with E-state index in [2.05, 4.69) is 10.1 Å². The van der Waals surface area contributed by atoms with Gasteiger partial charge in [0.25, 0.3) is 5.91 Å². The number of hydrogen-bond acceptors (Lipinski definition) is 5. The summed E-state index contributed by atoms with van der Waals surface area (Å²) in [6, 6.07) is 16.8. The lowest BCUT2D eigenvalue weighted by atomic mass is 10.1. The Morgan fingerprint density at radius 3 is 2.76 bits per heavy atom. The summed E-state index contributed by atoms with van der Waals surface area (Å²) < 4.78 is 7.21. The molecule has 4 heterocycles. The third-order valence-corrected chi connectivity index (χ3v) is 5.76. The number of furan rings is 1. The standard InChI is InChI=1S/C25H20ClN5O2/c1-30(15-18-6-2-3-9-22(18)26)25(32)20-12-23(17-7-4-10-27-13-17)29-24-21(20)14-28-31(24)16-19-8-5-11-33-19/h2-14H,15-16H2,1H3. The van der Waals surface area contributed by atoms with Crippen molar-refractivity contribution in [3.63, 3.8) is 0 Å². The van der Waals surface area contributed by atoms with Crippen LogP contribution in [0.3, 0.4) is 0 Å². The van der Waals surface area contributed by atoms with Crippen molar-refractivity contribution in [3.05, 3.63) is 101 Å². The van der Waals surface area contributed by atoms with Gasteiger partial charge < -0.3 is 9.32 Å². The quantitative estimate of drug-likeness (QED) is 0.356. The monoisotopic (exact) mass is 457 g/mol. The van der Waals surface area contributed by atoms with Crippen molar-refractivity contribution in [2.45, 2.75) is 13.1 Å². The third kappa shape index (κ3) is 4.23. The van der Waals surface area contributed by atoms with E-state index in [-0.39, 0.29) is 5.91 Å². The molecule has 0 unspecified atom stereocenters.